The Labute approximate surface area is 147 Å². The highest BCUT2D eigenvalue weighted by molar-refractivity contribution is 6.06. The van der Waals surface area contributed by atoms with Crippen LogP contribution in [0.2, 0.25) is 0 Å². The number of rotatable bonds is 5. The first-order valence-corrected chi connectivity index (χ1v) is 8.09. The van der Waals surface area contributed by atoms with Crippen molar-refractivity contribution in [1.82, 2.24) is 0 Å². The third-order valence-corrected chi connectivity index (χ3v) is 4.07. The molecule has 25 heavy (non-hydrogen) atoms. The number of ether oxygens (including phenoxy) is 1. The highest BCUT2D eigenvalue weighted by atomic mass is 16.6. The average Bonchev–Trinajstić information content (AvgIpc) is 3.07. The number of allylic oxidation sites excluding steroid dienone is 1. The van der Waals surface area contributed by atoms with Crippen molar-refractivity contribution < 1.29 is 14.4 Å². The van der Waals surface area contributed by atoms with Gasteiger partial charge in [0.25, 0.3) is 5.91 Å². The number of para-hydroxylation sites is 1. The molecule has 1 aliphatic rings. The number of benzene rings is 2. The summed E-state index contributed by atoms with van der Waals surface area (Å²) in [6.07, 6.45) is 2.29. The number of carbonyl (C=O) groups excluding carboxylic acids is 1. The summed E-state index contributed by atoms with van der Waals surface area (Å²) >= 11 is 0. The summed E-state index contributed by atoms with van der Waals surface area (Å²) in [4.78, 5) is 17.2. The molecule has 1 heterocycles. The first-order valence-electron chi connectivity index (χ1n) is 8.09. The van der Waals surface area contributed by atoms with Crippen molar-refractivity contribution in [2.24, 2.45) is 5.16 Å². The lowest BCUT2D eigenvalue weighted by Crippen LogP contribution is -2.15. The van der Waals surface area contributed by atoms with E-state index in [1.165, 1.54) is 7.11 Å². The van der Waals surface area contributed by atoms with E-state index in [0.717, 1.165) is 22.4 Å². The van der Waals surface area contributed by atoms with Gasteiger partial charge in [0, 0.05) is 17.7 Å². The van der Waals surface area contributed by atoms with Crippen molar-refractivity contribution in [3.63, 3.8) is 0 Å². The standard InChI is InChI=1S/C20H20N2O3/c1-14-17(11-12-25-14)20(23)22-19-6-4-3-5-18(19)16-9-7-15(8-10-16)13-21-24-2/h3-10,13H,11-12H2,1-2H3,(H,22,23)/b21-13+. The zero-order valence-electron chi connectivity index (χ0n) is 14.3. The second-order valence-corrected chi connectivity index (χ2v) is 5.67. The van der Waals surface area contributed by atoms with Crippen molar-refractivity contribution >= 4 is 17.8 Å². The third kappa shape index (κ3) is 3.88. The molecule has 1 amide bonds. The Balaban J connectivity index is 1.85. The molecule has 0 fully saturated rings. The quantitative estimate of drug-likeness (QED) is 0.664. The van der Waals surface area contributed by atoms with Gasteiger partial charge in [-0.25, -0.2) is 0 Å². The number of carbonyl (C=O) groups is 1. The normalized spacial score (nSPS) is 13.8. The Bertz CT molecular complexity index is 823. The SMILES string of the molecule is CO/N=C/c1ccc(-c2ccccc2NC(=O)C2=C(C)OCC2)cc1. The van der Waals surface area contributed by atoms with E-state index in [1.807, 2.05) is 55.5 Å². The molecular weight excluding hydrogens is 316 g/mol. The number of nitrogens with one attached hydrogen (secondary N) is 1. The van der Waals surface area contributed by atoms with Crippen molar-refractivity contribution in [2.45, 2.75) is 13.3 Å². The van der Waals surface area contributed by atoms with Crippen molar-refractivity contribution in [3.8, 4) is 11.1 Å². The molecule has 0 saturated carbocycles. The molecule has 3 rings (SSSR count). The topological polar surface area (TPSA) is 59.9 Å². The smallest absolute Gasteiger partial charge is 0.255 e. The number of hydrogen-bond donors (Lipinski definition) is 1. The predicted molar refractivity (Wildman–Crippen MR) is 98.4 cm³/mol. The van der Waals surface area contributed by atoms with Crippen LogP contribution in [0.3, 0.4) is 0 Å². The predicted octanol–water partition coefficient (Wildman–Crippen LogP) is 3.97. The fraction of sp³-hybridized carbons (Fsp3) is 0.200. The van der Waals surface area contributed by atoms with Gasteiger partial charge in [-0.3, -0.25) is 4.79 Å². The number of anilines is 1. The van der Waals surface area contributed by atoms with Gasteiger partial charge in [-0.1, -0.05) is 47.6 Å². The Morgan fingerprint density at radius 3 is 2.64 bits per heavy atom. The first kappa shape index (κ1) is 16.8. The van der Waals surface area contributed by atoms with Gasteiger partial charge in [0.05, 0.1) is 18.4 Å². The van der Waals surface area contributed by atoms with Crippen LogP contribution < -0.4 is 5.32 Å². The van der Waals surface area contributed by atoms with Crippen LogP contribution in [0.15, 0.2) is 65.0 Å². The highest BCUT2D eigenvalue weighted by Crippen LogP contribution is 2.29. The van der Waals surface area contributed by atoms with Gasteiger partial charge < -0.3 is 14.9 Å². The molecule has 0 radical (unpaired) electrons. The van der Waals surface area contributed by atoms with E-state index in [4.69, 9.17) is 4.74 Å². The van der Waals surface area contributed by atoms with E-state index >= 15 is 0 Å². The van der Waals surface area contributed by atoms with Crippen molar-refractivity contribution in [2.75, 3.05) is 19.0 Å². The van der Waals surface area contributed by atoms with Gasteiger partial charge >= 0.3 is 0 Å². The van der Waals surface area contributed by atoms with Crippen LogP contribution in [0.1, 0.15) is 18.9 Å². The molecule has 0 bridgehead atoms. The molecule has 1 N–H and O–H groups in total. The number of nitrogens with zero attached hydrogens (tertiary/aromatic N) is 1. The maximum atomic E-state index is 12.5. The lowest BCUT2D eigenvalue weighted by atomic mass is 10.0. The Kier molecular flexibility index (Phi) is 5.14. The van der Waals surface area contributed by atoms with Crippen LogP contribution >= 0.6 is 0 Å². The molecule has 0 unspecified atom stereocenters. The molecule has 2 aromatic rings. The van der Waals surface area contributed by atoms with Gasteiger partial charge in [0.2, 0.25) is 0 Å². The van der Waals surface area contributed by atoms with E-state index in [1.54, 1.807) is 6.21 Å². The van der Waals surface area contributed by atoms with Crippen LogP contribution in [0.25, 0.3) is 11.1 Å². The Morgan fingerprint density at radius 1 is 1.20 bits per heavy atom. The lowest BCUT2D eigenvalue weighted by Gasteiger charge is -2.12. The molecule has 5 heteroatoms. The molecule has 0 aromatic heterocycles. The fourth-order valence-corrected chi connectivity index (χ4v) is 2.75. The van der Waals surface area contributed by atoms with Crippen LogP contribution in [0, 0.1) is 0 Å². The highest BCUT2D eigenvalue weighted by Gasteiger charge is 2.20. The molecule has 0 saturated heterocycles. The second kappa shape index (κ2) is 7.66. The summed E-state index contributed by atoms with van der Waals surface area (Å²) in [5.41, 5.74) is 4.40. The zero-order valence-corrected chi connectivity index (χ0v) is 14.3. The second-order valence-electron chi connectivity index (χ2n) is 5.67. The molecule has 0 aliphatic carbocycles. The van der Waals surface area contributed by atoms with Crippen LogP contribution in [0.4, 0.5) is 5.69 Å². The van der Waals surface area contributed by atoms with E-state index < -0.39 is 0 Å². The Morgan fingerprint density at radius 2 is 1.96 bits per heavy atom. The molecular formula is C20H20N2O3. The van der Waals surface area contributed by atoms with Crippen molar-refractivity contribution in [1.29, 1.82) is 0 Å². The lowest BCUT2D eigenvalue weighted by molar-refractivity contribution is -0.113. The molecule has 0 spiro atoms. The van der Waals surface area contributed by atoms with E-state index in [2.05, 4.69) is 15.3 Å². The van der Waals surface area contributed by atoms with E-state index in [0.29, 0.717) is 24.4 Å². The van der Waals surface area contributed by atoms with Crippen LogP contribution in [-0.2, 0) is 14.4 Å². The largest absolute Gasteiger partial charge is 0.497 e. The summed E-state index contributed by atoms with van der Waals surface area (Å²) < 4.78 is 5.38. The monoisotopic (exact) mass is 336 g/mol. The van der Waals surface area contributed by atoms with E-state index in [-0.39, 0.29) is 5.91 Å². The van der Waals surface area contributed by atoms with Crippen LogP contribution in [0.5, 0.6) is 0 Å². The molecule has 1 aliphatic heterocycles. The van der Waals surface area contributed by atoms with E-state index in [9.17, 15) is 4.79 Å². The Hall–Kier alpha value is -3.08. The minimum absolute atomic E-state index is 0.105. The minimum atomic E-state index is -0.105. The number of hydrogen-bond acceptors (Lipinski definition) is 4. The summed E-state index contributed by atoms with van der Waals surface area (Å²) in [7, 11) is 1.51. The van der Waals surface area contributed by atoms with Gasteiger partial charge in [0.1, 0.15) is 12.9 Å². The maximum absolute atomic E-state index is 12.5. The summed E-state index contributed by atoms with van der Waals surface area (Å²) in [5.74, 6) is 0.600. The minimum Gasteiger partial charge on any atom is -0.497 e. The number of oxime groups is 1. The zero-order chi connectivity index (χ0) is 17.6. The molecule has 128 valence electrons. The van der Waals surface area contributed by atoms with Gasteiger partial charge in [0.15, 0.2) is 0 Å². The maximum Gasteiger partial charge on any atom is 0.255 e. The summed E-state index contributed by atoms with van der Waals surface area (Å²) in [6.45, 7) is 2.40. The molecule has 2 aromatic carbocycles. The fourth-order valence-electron chi connectivity index (χ4n) is 2.75. The number of amides is 1. The summed E-state index contributed by atoms with van der Waals surface area (Å²) in [5, 5.41) is 6.76. The average molecular weight is 336 g/mol. The van der Waals surface area contributed by atoms with Crippen LogP contribution in [-0.4, -0.2) is 25.8 Å². The van der Waals surface area contributed by atoms with Gasteiger partial charge in [-0.15, -0.1) is 0 Å². The van der Waals surface area contributed by atoms with Crippen molar-refractivity contribution in [3.05, 3.63) is 65.4 Å². The van der Waals surface area contributed by atoms with Gasteiger partial charge in [-0.2, -0.15) is 0 Å². The molecule has 5 nitrogen and oxygen atoms in total. The summed E-state index contributed by atoms with van der Waals surface area (Å²) in [6, 6.07) is 15.6. The first-order chi connectivity index (χ1) is 12.2. The van der Waals surface area contributed by atoms with Gasteiger partial charge in [-0.05, 0) is 24.1 Å². The third-order valence-electron chi connectivity index (χ3n) is 4.07. The molecule has 0 atom stereocenters.